The molecule has 6 heteroatoms. The maximum Gasteiger partial charge on any atom is 0.372 e. The number of hydrogen-bond donors (Lipinski definition) is 1. The lowest BCUT2D eigenvalue weighted by atomic mass is 9.88. The van der Waals surface area contributed by atoms with Crippen LogP contribution in [0.3, 0.4) is 0 Å². The summed E-state index contributed by atoms with van der Waals surface area (Å²) < 4.78 is 7.51. The van der Waals surface area contributed by atoms with Crippen LogP contribution in [0.4, 0.5) is 0 Å². The zero-order valence-electron chi connectivity index (χ0n) is 13.7. The minimum absolute atomic E-state index is 0.0215. The zero-order chi connectivity index (χ0) is 16.8. The molecule has 0 radical (unpaired) electrons. The van der Waals surface area contributed by atoms with Crippen molar-refractivity contribution in [2.24, 2.45) is 5.92 Å². The molecule has 0 aliphatic heterocycles. The fourth-order valence-corrected chi connectivity index (χ4v) is 3.91. The summed E-state index contributed by atoms with van der Waals surface area (Å²) in [7, 11) is 0. The zero-order valence-corrected chi connectivity index (χ0v) is 13.7. The van der Waals surface area contributed by atoms with E-state index in [2.05, 4.69) is 6.20 Å². The molecule has 2 aromatic rings. The number of fused-ring (bicyclic) bond motifs is 3. The van der Waals surface area contributed by atoms with Gasteiger partial charge < -0.3 is 9.52 Å². The Morgan fingerprint density at radius 1 is 1.33 bits per heavy atom. The van der Waals surface area contributed by atoms with Crippen LogP contribution < -0.4 is 0 Å². The number of carboxylic acids is 1. The van der Waals surface area contributed by atoms with E-state index >= 15 is 0 Å². The summed E-state index contributed by atoms with van der Waals surface area (Å²) in [6.45, 7) is 2.60. The number of carbonyl (C=O) groups is 2. The van der Waals surface area contributed by atoms with Crippen molar-refractivity contribution < 1.29 is 19.1 Å². The van der Waals surface area contributed by atoms with Crippen molar-refractivity contribution >= 4 is 11.8 Å². The normalized spacial score (nSPS) is 17.6. The number of aromatic carboxylic acids is 1. The molecule has 2 aliphatic carbocycles. The van der Waals surface area contributed by atoms with Gasteiger partial charge in [-0.3, -0.25) is 9.48 Å². The maximum atomic E-state index is 11.4. The Morgan fingerprint density at radius 3 is 2.79 bits per heavy atom. The van der Waals surface area contributed by atoms with E-state index in [1.54, 1.807) is 6.92 Å². The van der Waals surface area contributed by atoms with E-state index in [1.807, 2.05) is 4.68 Å². The summed E-state index contributed by atoms with van der Waals surface area (Å²) >= 11 is 0. The predicted octanol–water partition coefficient (Wildman–Crippen LogP) is 3.01. The topological polar surface area (TPSA) is 85.3 Å². The number of carbonyl (C=O) groups excluding carboxylic acids is 1. The molecule has 1 fully saturated rings. The highest BCUT2D eigenvalue weighted by Gasteiger charge is 2.30. The second kappa shape index (κ2) is 5.61. The van der Waals surface area contributed by atoms with Gasteiger partial charge in [0.25, 0.3) is 0 Å². The molecule has 0 spiro atoms. The number of furan rings is 1. The van der Waals surface area contributed by atoms with Crippen molar-refractivity contribution in [1.29, 1.82) is 0 Å². The van der Waals surface area contributed by atoms with Gasteiger partial charge in [0.15, 0.2) is 0 Å². The van der Waals surface area contributed by atoms with Gasteiger partial charge in [-0.2, -0.15) is 5.10 Å². The standard InChI is InChI=1S/C18H20N2O4/c1-10-15-14(24-17(10)18(22)23)7-4-12-9-20(19-16(12)15)8-11-2-5-13(21)6-3-11/h9,11H,2-8H2,1H3,(H,22,23). The van der Waals surface area contributed by atoms with Gasteiger partial charge in [0.1, 0.15) is 11.5 Å². The molecular formula is C18H20N2O4. The van der Waals surface area contributed by atoms with Crippen molar-refractivity contribution in [1.82, 2.24) is 9.78 Å². The number of aromatic nitrogens is 2. The highest BCUT2D eigenvalue weighted by Crippen LogP contribution is 2.38. The largest absolute Gasteiger partial charge is 0.475 e. The van der Waals surface area contributed by atoms with E-state index in [0.717, 1.165) is 48.4 Å². The molecule has 2 heterocycles. The Bertz CT molecular complexity index is 820. The number of rotatable bonds is 3. The van der Waals surface area contributed by atoms with Gasteiger partial charge in [-0.05, 0) is 37.7 Å². The van der Waals surface area contributed by atoms with Crippen molar-refractivity contribution in [2.75, 3.05) is 0 Å². The molecule has 2 aliphatic rings. The Kier molecular flexibility index (Phi) is 3.55. The highest BCUT2D eigenvalue weighted by molar-refractivity contribution is 5.90. The lowest BCUT2D eigenvalue weighted by Crippen LogP contribution is -2.19. The number of hydrogen-bond acceptors (Lipinski definition) is 4. The third kappa shape index (κ3) is 2.46. The second-order valence-electron chi connectivity index (χ2n) is 6.87. The first-order chi connectivity index (χ1) is 11.5. The van der Waals surface area contributed by atoms with Crippen LogP contribution in [-0.2, 0) is 24.2 Å². The summed E-state index contributed by atoms with van der Waals surface area (Å²) in [6, 6.07) is 0. The summed E-state index contributed by atoms with van der Waals surface area (Å²) in [4.78, 5) is 22.7. The van der Waals surface area contributed by atoms with E-state index in [9.17, 15) is 14.7 Å². The Labute approximate surface area is 139 Å². The first kappa shape index (κ1) is 15.2. The van der Waals surface area contributed by atoms with Gasteiger partial charge in [-0.1, -0.05) is 0 Å². The maximum absolute atomic E-state index is 11.4. The fourth-order valence-electron chi connectivity index (χ4n) is 3.91. The van der Waals surface area contributed by atoms with Gasteiger partial charge in [0.2, 0.25) is 5.76 Å². The van der Waals surface area contributed by atoms with Crippen molar-refractivity contribution in [2.45, 2.75) is 52.0 Å². The first-order valence-electron chi connectivity index (χ1n) is 8.47. The number of carboxylic acid groups (broad SMARTS) is 1. The minimum atomic E-state index is -1.03. The Balaban J connectivity index is 1.63. The van der Waals surface area contributed by atoms with Crippen molar-refractivity contribution in [3.05, 3.63) is 28.8 Å². The molecule has 24 heavy (non-hydrogen) atoms. The number of nitrogens with zero attached hydrogens (tertiary/aromatic N) is 2. The number of Topliss-reactive ketones (excluding diaryl/α,β-unsaturated/α-hetero) is 1. The number of aryl methyl sites for hydroxylation is 2. The van der Waals surface area contributed by atoms with E-state index in [1.165, 1.54) is 0 Å². The van der Waals surface area contributed by atoms with E-state index < -0.39 is 5.97 Å². The van der Waals surface area contributed by atoms with Crippen molar-refractivity contribution in [3.63, 3.8) is 0 Å². The molecule has 1 N–H and O–H groups in total. The quantitative estimate of drug-likeness (QED) is 0.936. The first-order valence-corrected chi connectivity index (χ1v) is 8.47. The third-order valence-corrected chi connectivity index (χ3v) is 5.22. The van der Waals surface area contributed by atoms with Crippen LogP contribution in [0.15, 0.2) is 10.6 Å². The molecule has 126 valence electrons. The van der Waals surface area contributed by atoms with Crippen LogP contribution in [0, 0.1) is 12.8 Å². The van der Waals surface area contributed by atoms with Crippen LogP contribution >= 0.6 is 0 Å². The second-order valence-corrected chi connectivity index (χ2v) is 6.87. The number of ketones is 1. The fraction of sp³-hybridized carbons (Fsp3) is 0.500. The predicted molar refractivity (Wildman–Crippen MR) is 86.0 cm³/mol. The van der Waals surface area contributed by atoms with Gasteiger partial charge >= 0.3 is 5.97 Å². The van der Waals surface area contributed by atoms with Crippen molar-refractivity contribution in [3.8, 4) is 11.3 Å². The molecule has 0 unspecified atom stereocenters. The molecule has 6 nitrogen and oxygen atoms in total. The average molecular weight is 328 g/mol. The van der Waals surface area contributed by atoms with Gasteiger partial charge in [0, 0.05) is 43.1 Å². The molecular weight excluding hydrogens is 308 g/mol. The minimum Gasteiger partial charge on any atom is -0.475 e. The lowest BCUT2D eigenvalue weighted by Gasteiger charge is -2.20. The molecule has 0 saturated heterocycles. The molecule has 2 aromatic heterocycles. The third-order valence-electron chi connectivity index (χ3n) is 5.22. The van der Waals surface area contributed by atoms with Gasteiger partial charge in [0.05, 0.1) is 5.69 Å². The van der Waals surface area contributed by atoms with E-state index in [4.69, 9.17) is 9.52 Å². The smallest absolute Gasteiger partial charge is 0.372 e. The molecule has 1 saturated carbocycles. The monoisotopic (exact) mass is 328 g/mol. The van der Waals surface area contributed by atoms with Crippen LogP contribution in [0.25, 0.3) is 11.3 Å². The SMILES string of the molecule is Cc1c(C(=O)O)oc2c1-c1nn(CC3CCC(=O)CC3)cc1CC2. The summed E-state index contributed by atoms with van der Waals surface area (Å²) in [5, 5.41) is 14.0. The van der Waals surface area contributed by atoms with Crippen LogP contribution in [0.2, 0.25) is 0 Å². The Hall–Kier alpha value is -2.37. The molecule has 0 amide bonds. The summed E-state index contributed by atoms with van der Waals surface area (Å²) in [5.74, 6) is 0.572. The van der Waals surface area contributed by atoms with Gasteiger partial charge in [-0.15, -0.1) is 0 Å². The van der Waals surface area contributed by atoms with Gasteiger partial charge in [-0.25, -0.2) is 4.79 Å². The molecule has 4 rings (SSSR count). The molecule has 0 aromatic carbocycles. The summed E-state index contributed by atoms with van der Waals surface area (Å²) in [5.41, 5.74) is 3.52. The van der Waals surface area contributed by atoms with E-state index in [0.29, 0.717) is 36.5 Å². The van der Waals surface area contributed by atoms with Crippen LogP contribution in [0.1, 0.15) is 53.1 Å². The Morgan fingerprint density at radius 2 is 2.08 bits per heavy atom. The lowest BCUT2D eigenvalue weighted by molar-refractivity contribution is -0.121. The molecule has 0 bridgehead atoms. The van der Waals surface area contributed by atoms with Crippen LogP contribution in [0.5, 0.6) is 0 Å². The summed E-state index contributed by atoms with van der Waals surface area (Å²) in [6.07, 6.45) is 6.82. The highest BCUT2D eigenvalue weighted by atomic mass is 16.4. The molecule has 0 atom stereocenters. The van der Waals surface area contributed by atoms with E-state index in [-0.39, 0.29) is 5.76 Å². The van der Waals surface area contributed by atoms with Crippen LogP contribution in [-0.4, -0.2) is 26.6 Å². The average Bonchev–Trinajstić information content (AvgIpc) is 3.10.